The van der Waals surface area contributed by atoms with Crippen LogP contribution in [0.2, 0.25) is 0 Å². The third kappa shape index (κ3) is 2.86. The summed E-state index contributed by atoms with van der Waals surface area (Å²) in [7, 11) is 0. The van der Waals surface area contributed by atoms with Crippen LogP contribution in [0.1, 0.15) is 24.8 Å². The van der Waals surface area contributed by atoms with E-state index in [1.54, 1.807) is 28.7 Å². The fraction of sp³-hybridized carbons (Fsp3) is 0.600. The maximum atomic E-state index is 13.3. The van der Waals surface area contributed by atoms with Gasteiger partial charge in [-0.25, -0.2) is 4.42 Å². The van der Waals surface area contributed by atoms with Gasteiger partial charge in [0.15, 0.2) is 0 Å². The Morgan fingerprint density at radius 2 is 2.00 bits per heavy atom. The van der Waals surface area contributed by atoms with Crippen molar-refractivity contribution >= 4 is 11.8 Å². The molecule has 21 heavy (non-hydrogen) atoms. The molecule has 1 atom stereocenters. The maximum Gasteiger partial charge on any atom is 0.398 e. The highest BCUT2D eigenvalue weighted by Gasteiger charge is 2.65. The number of alkyl halides is 3. The van der Waals surface area contributed by atoms with Gasteiger partial charge in [-0.05, 0) is 37.1 Å². The second-order valence-corrected chi connectivity index (χ2v) is 6.39. The van der Waals surface area contributed by atoms with Gasteiger partial charge in [0, 0.05) is 24.6 Å². The van der Waals surface area contributed by atoms with Gasteiger partial charge < -0.3 is 4.74 Å². The van der Waals surface area contributed by atoms with Crippen LogP contribution >= 0.6 is 11.8 Å². The molecule has 2 fully saturated rings. The lowest BCUT2D eigenvalue weighted by atomic mass is 9.94. The topological polar surface area (TPSA) is 12.5 Å². The molecule has 2 nitrogen and oxygen atoms in total. The molecule has 1 heterocycles. The third-order valence-corrected chi connectivity index (χ3v) is 4.71. The van der Waals surface area contributed by atoms with Crippen LogP contribution < -0.4 is 4.74 Å². The summed E-state index contributed by atoms with van der Waals surface area (Å²) in [5.74, 6) is 0.636. The largest absolute Gasteiger partial charge is 0.493 e. The number of hydrogen-bond donors (Lipinski definition) is 0. The first-order valence-electron chi connectivity index (χ1n) is 7.12. The predicted molar refractivity (Wildman–Crippen MR) is 74.4 cm³/mol. The Hall–Kier alpha value is -0.940. The molecule has 1 aliphatic carbocycles. The molecule has 6 heteroatoms. The molecule has 1 aromatic rings. The Balaban J connectivity index is 1.75. The zero-order valence-electron chi connectivity index (χ0n) is 11.5. The molecule has 1 aromatic carbocycles. The number of para-hydroxylation sites is 1. The van der Waals surface area contributed by atoms with Gasteiger partial charge in [-0.3, -0.25) is 0 Å². The lowest BCUT2D eigenvalue weighted by Crippen LogP contribution is -2.29. The summed E-state index contributed by atoms with van der Waals surface area (Å²) in [5, 5.41) is 0. The molecule has 0 amide bonds. The first-order chi connectivity index (χ1) is 9.92. The van der Waals surface area contributed by atoms with Crippen LogP contribution in [0, 0.1) is 5.92 Å². The van der Waals surface area contributed by atoms with E-state index in [2.05, 4.69) is 0 Å². The lowest BCUT2D eigenvalue weighted by Gasteiger charge is -2.23. The second kappa shape index (κ2) is 5.36. The molecule has 0 spiro atoms. The fourth-order valence-corrected chi connectivity index (χ4v) is 3.24. The summed E-state index contributed by atoms with van der Waals surface area (Å²) in [6, 6.07) is 6.53. The molecule has 1 saturated heterocycles. The molecule has 0 N–H and O–H groups in total. The average Bonchev–Trinajstić information content (AvgIpc) is 3.15. The second-order valence-electron chi connectivity index (χ2n) is 5.91. The molecule has 0 radical (unpaired) electrons. The average molecular weight is 320 g/mol. The van der Waals surface area contributed by atoms with E-state index < -0.39 is 11.6 Å². The van der Waals surface area contributed by atoms with Crippen LogP contribution in [0.3, 0.4) is 0 Å². The monoisotopic (exact) mass is 319 g/mol. The van der Waals surface area contributed by atoms with Gasteiger partial charge in [0.2, 0.25) is 0 Å². The van der Waals surface area contributed by atoms with Gasteiger partial charge in [-0.15, -0.1) is 0 Å². The molecule has 0 unspecified atom stereocenters. The van der Waals surface area contributed by atoms with Gasteiger partial charge >= 0.3 is 6.18 Å². The zero-order valence-corrected chi connectivity index (χ0v) is 12.3. The van der Waals surface area contributed by atoms with Crippen LogP contribution in [0.25, 0.3) is 0 Å². The van der Waals surface area contributed by atoms with Crippen molar-refractivity contribution in [1.29, 1.82) is 0 Å². The summed E-state index contributed by atoms with van der Waals surface area (Å²) in [6.07, 6.45) is -3.01. The van der Waals surface area contributed by atoms with E-state index in [1.165, 1.54) is 0 Å². The minimum absolute atomic E-state index is 0.149. The smallest absolute Gasteiger partial charge is 0.398 e. The number of halogens is 4. The highest BCUT2D eigenvalue weighted by molar-refractivity contribution is 6.13. The normalized spacial score (nSPS) is 25.0. The molecule has 0 aromatic heterocycles. The van der Waals surface area contributed by atoms with Crippen LogP contribution in [-0.4, -0.2) is 30.3 Å². The van der Waals surface area contributed by atoms with Crippen LogP contribution in [-0.2, 0) is 5.41 Å². The first-order valence-corrected chi connectivity index (χ1v) is 7.46. The van der Waals surface area contributed by atoms with E-state index >= 15 is 0 Å². The number of hydrogen-bond acceptors (Lipinski definition) is 2. The van der Waals surface area contributed by atoms with Crippen molar-refractivity contribution in [3.63, 3.8) is 0 Å². The van der Waals surface area contributed by atoms with E-state index in [-0.39, 0.29) is 24.3 Å². The number of benzene rings is 1. The molecule has 0 bridgehead atoms. The molecule has 2 aliphatic rings. The van der Waals surface area contributed by atoms with Crippen molar-refractivity contribution in [2.45, 2.75) is 30.9 Å². The molecular weight excluding hydrogens is 303 g/mol. The van der Waals surface area contributed by atoms with E-state index in [1.807, 2.05) is 0 Å². The van der Waals surface area contributed by atoms with Crippen molar-refractivity contribution in [2.75, 3.05) is 19.7 Å². The standard InChI is InChI=1S/C15H17ClF3NO/c16-20-8-5-11(9-20)10-21-13-4-2-1-3-12(13)14(6-7-14)15(17,18)19/h1-4,11H,5-10H2/t11-/m0/s1. The van der Waals surface area contributed by atoms with E-state index in [0.717, 1.165) is 13.0 Å². The van der Waals surface area contributed by atoms with Crippen molar-refractivity contribution in [3.05, 3.63) is 29.8 Å². The summed E-state index contributed by atoms with van der Waals surface area (Å²) >= 11 is 5.89. The van der Waals surface area contributed by atoms with E-state index in [0.29, 0.717) is 18.9 Å². The van der Waals surface area contributed by atoms with Crippen molar-refractivity contribution in [3.8, 4) is 5.75 Å². The number of nitrogens with zero attached hydrogens (tertiary/aromatic N) is 1. The minimum atomic E-state index is -4.22. The van der Waals surface area contributed by atoms with Crippen LogP contribution in [0.5, 0.6) is 5.75 Å². The molecule has 116 valence electrons. The molecule has 3 rings (SSSR count). The summed E-state index contributed by atoms with van der Waals surface area (Å²) in [4.78, 5) is 0. The third-order valence-electron chi connectivity index (χ3n) is 4.41. The molecule has 1 aliphatic heterocycles. The van der Waals surface area contributed by atoms with Crippen molar-refractivity contribution in [1.82, 2.24) is 4.42 Å². The zero-order chi connectivity index (χ0) is 15.1. The van der Waals surface area contributed by atoms with Gasteiger partial charge in [0.1, 0.15) is 5.75 Å². The van der Waals surface area contributed by atoms with E-state index in [9.17, 15) is 13.2 Å². The Bertz CT molecular complexity index is 516. The predicted octanol–water partition coefficient (Wildman–Crippen LogP) is 4.14. The minimum Gasteiger partial charge on any atom is -0.493 e. The molecular formula is C15H17ClF3NO. The Labute approximate surface area is 126 Å². The lowest BCUT2D eigenvalue weighted by molar-refractivity contribution is -0.161. The summed E-state index contributed by atoms with van der Waals surface area (Å²) < 4.78 is 47.2. The van der Waals surface area contributed by atoms with Gasteiger partial charge in [-0.2, -0.15) is 13.2 Å². The highest BCUT2D eigenvalue weighted by atomic mass is 35.5. The van der Waals surface area contributed by atoms with Crippen molar-refractivity contribution in [2.24, 2.45) is 5.92 Å². The highest BCUT2D eigenvalue weighted by Crippen LogP contribution is 2.60. The Morgan fingerprint density at radius 3 is 2.57 bits per heavy atom. The summed E-state index contributed by atoms with van der Waals surface area (Å²) in [5.41, 5.74) is -1.42. The number of ether oxygens (including phenoxy) is 1. The Kier molecular flexibility index (Phi) is 3.82. The summed E-state index contributed by atoms with van der Waals surface area (Å²) in [6.45, 7) is 1.92. The van der Waals surface area contributed by atoms with Gasteiger partial charge in [0.25, 0.3) is 0 Å². The maximum absolute atomic E-state index is 13.3. The quantitative estimate of drug-likeness (QED) is 0.774. The Morgan fingerprint density at radius 1 is 1.29 bits per heavy atom. The first kappa shape index (κ1) is 15.0. The van der Waals surface area contributed by atoms with E-state index in [4.69, 9.17) is 16.5 Å². The van der Waals surface area contributed by atoms with Crippen LogP contribution in [0.15, 0.2) is 24.3 Å². The van der Waals surface area contributed by atoms with Gasteiger partial charge in [0.05, 0.1) is 12.0 Å². The fourth-order valence-electron chi connectivity index (χ4n) is 2.95. The molecule has 1 saturated carbocycles. The SMILES string of the molecule is FC(F)(F)C1(c2ccccc2OC[C@H]2CCN(Cl)C2)CC1. The van der Waals surface area contributed by atoms with Gasteiger partial charge in [-0.1, -0.05) is 18.2 Å². The van der Waals surface area contributed by atoms with Crippen molar-refractivity contribution < 1.29 is 17.9 Å². The number of rotatable bonds is 4. The van der Waals surface area contributed by atoms with Crippen LogP contribution in [0.4, 0.5) is 13.2 Å².